The Bertz CT molecular complexity index is 1450. The van der Waals surface area contributed by atoms with Crippen molar-refractivity contribution in [3.05, 3.63) is 92.4 Å². The van der Waals surface area contributed by atoms with Crippen molar-refractivity contribution in [1.29, 1.82) is 0 Å². The van der Waals surface area contributed by atoms with Crippen LogP contribution < -0.4 is 9.62 Å². The van der Waals surface area contributed by atoms with Crippen molar-refractivity contribution in [2.75, 3.05) is 17.4 Å². The number of halogens is 3. The first-order valence-corrected chi connectivity index (χ1v) is 15.6. The number of benzene rings is 3. The summed E-state index contributed by atoms with van der Waals surface area (Å²) < 4.78 is 29.6. The average Bonchev–Trinajstić information content (AvgIpc) is 2.91. The van der Waals surface area contributed by atoms with Crippen LogP contribution in [0, 0.1) is 12.8 Å². The number of hydrogen-bond donors (Lipinski definition) is 1. The Kier molecular flexibility index (Phi) is 11.1. The summed E-state index contributed by atoms with van der Waals surface area (Å²) in [7, 11) is -4.25. The molecule has 0 radical (unpaired) electrons. The number of hydrogen-bond acceptors (Lipinski definition) is 4. The second kappa shape index (κ2) is 13.9. The van der Waals surface area contributed by atoms with E-state index in [1.54, 1.807) is 25.1 Å². The van der Waals surface area contributed by atoms with Crippen LogP contribution in [-0.2, 0) is 26.2 Å². The normalized spacial score (nSPS) is 12.2. The van der Waals surface area contributed by atoms with Gasteiger partial charge in [-0.15, -0.1) is 0 Å². The highest BCUT2D eigenvalue weighted by Gasteiger charge is 2.33. The van der Waals surface area contributed by atoms with Gasteiger partial charge in [0.1, 0.15) is 12.6 Å². The number of amides is 2. The molecule has 0 heterocycles. The molecule has 3 rings (SSSR count). The van der Waals surface area contributed by atoms with Crippen molar-refractivity contribution in [2.24, 2.45) is 5.92 Å². The molecule has 0 spiro atoms. The van der Waals surface area contributed by atoms with E-state index < -0.39 is 28.5 Å². The first kappa shape index (κ1) is 31.9. The van der Waals surface area contributed by atoms with Gasteiger partial charge in [0.05, 0.1) is 20.6 Å². The summed E-state index contributed by atoms with van der Waals surface area (Å²) in [6, 6.07) is 17.3. The van der Waals surface area contributed by atoms with Crippen molar-refractivity contribution in [2.45, 2.75) is 45.2 Å². The first-order chi connectivity index (χ1) is 18.8. The van der Waals surface area contributed by atoms with E-state index in [4.69, 9.17) is 23.2 Å². The highest BCUT2D eigenvalue weighted by atomic mass is 79.9. The van der Waals surface area contributed by atoms with Crippen LogP contribution in [-0.4, -0.2) is 44.3 Å². The van der Waals surface area contributed by atoms with Gasteiger partial charge in [-0.25, -0.2) is 8.42 Å². The van der Waals surface area contributed by atoms with Gasteiger partial charge in [0.2, 0.25) is 11.8 Å². The van der Waals surface area contributed by atoms with Gasteiger partial charge in [-0.3, -0.25) is 13.9 Å². The van der Waals surface area contributed by atoms with Gasteiger partial charge >= 0.3 is 0 Å². The summed E-state index contributed by atoms with van der Waals surface area (Å²) in [5.41, 5.74) is 1.71. The number of carbonyl (C=O) groups is 2. The fraction of sp³-hybridized carbons (Fsp3) is 0.310. The average molecular weight is 669 g/mol. The van der Waals surface area contributed by atoms with Gasteiger partial charge in [-0.2, -0.15) is 0 Å². The highest BCUT2D eigenvalue weighted by Crippen LogP contribution is 2.35. The lowest BCUT2D eigenvalue weighted by Gasteiger charge is -2.32. The number of carbonyl (C=O) groups excluding carboxylic acids is 2. The predicted molar refractivity (Wildman–Crippen MR) is 164 cm³/mol. The smallest absolute Gasteiger partial charge is 0.264 e. The molecule has 0 aliphatic heterocycles. The molecule has 0 aliphatic rings. The molecule has 0 saturated carbocycles. The molecular weight excluding hydrogens is 637 g/mol. The minimum atomic E-state index is -4.25. The zero-order valence-electron chi connectivity index (χ0n) is 22.7. The third-order valence-electron chi connectivity index (χ3n) is 6.21. The number of nitrogens with zero attached hydrogens (tertiary/aromatic N) is 2. The molecule has 214 valence electrons. The summed E-state index contributed by atoms with van der Waals surface area (Å²) in [6.45, 7) is 7.33. The van der Waals surface area contributed by atoms with Crippen LogP contribution in [0.2, 0.25) is 10.0 Å². The van der Waals surface area contributed by atoms with E-state index in [1.807, 2.05) is 45.0 Å². The van der Waals surface area contributed by atoms with E-state index >= 15 is 0 Å². The Hall–Kier alpha value is -2.59. The van der Waals surface area contributed by atoms with Crippen LogP contribution in [0.4, 0.5) is 5.69 Å². The largest absolute Gasteiger partial charge is 0.354 e. The summed E-state index contributed by atoms with van der Waals surface area (Å²) in [5, 5.41) is 3.00. The molecule has 11 heteroatoms. The van der Waals surface area contributed by atoms with Crippen molar-refractivity contribution in [1.82, 2.24) is 10.2 Å². The zero-order valence-corrected chi connectivity index (χ0v) is 26.6. The predicted octanol–water partition coefficient (Wildman–Crippen LogP) is 6.45. The number of sulfonamides is 1. The van der Waals surface area contributed by atoms with E-state index in [2.05, 4.69) is 21.2 Å². The maximum atomic E-state index is 14.0. The second-order valence-electron chi connectivity index (χ2n) is 9.86. The molecule has 3 aromatic carbocycles. The zero-order chi connectivity index (χ0) is 29.6. The van der Waals surface area contributed by atoms with E-state index in [-0.39, 0.29) is 39.0 Å². The molecule has 1 N–H and O–H groups in total. The molecule has 0 fully saturated rings. The number of anilines is 1. The van der Waals surface area contributed by atoms with E-state index in [9.17, 15) is 18.0 Å². The lowest BCUT2D eigenvalue weighted by Crippen LogP contribution is -2.51. The molecule has 0 bridgehead atoms. The number of aryl methyl sites for hydroxylation is 1. The van der Waals surface area contributed by atoms with E-state index in [0.717, 1.165) is 19.9 Å². The van der Waals surface area contributed by atoms with Crippen LogP contribution >= 0.6 is 39.1 Å². The molecule has 0 aliphatic carbocycles. The minimum Gasteiger partial charge on any atom is -0.354 e. The lowest BCUT2D eigenvalue weighted by molar-refractivity contribution is -0.139. The van der Waals surface area contributed by atoms with Crippen LogP contribution in [0.15, 0.2) is 76.1 Å². The van der Waals surface area contributed by atoms with Crippen molar-refractivity contribution in [3.8, 4) is 0 Å². The Labute approximate surface area is 254 Å². The Morgan fingerprint density at radius 1 is 0.950 bits per heavy atom. The first-order valence-electron chi connectivity index (χ1n) is 12.7. The lowest BCUT2D eigenvalue weighted by atomic mass is 10.1. The number of nitrogens with one attached hydrogen (secondary N) is 1. The van der Waals surface area contributed by atoms with Crippen LogP contribution in [0.25, 0.3) is 0 Å². The van der Waals surface area contributed by atoms with Gasteiger partial charge in [0.25, 0.3) is 10.0 Å². The molecule has 0 aromatic heterocycles. The third-order valence-corrected chi connectivity index (χ3v) is 9.32. The highest BCUT2D eigenvalue weighted by molar-refractivity contribution is 9.10. The summed E-state index contributed by atoms with van der Waals surface area (Å²) in [4.78, 5) is 28.4. The second-order valence-corrected chi connectivity index (χ2v) is 13.4. The summed E-state index contributed by atoms with van der Waals surface area (Å²) >= 11 is 16.1. The van der Waals surface area contributed by atoms with Crippen LogP contribution in [0.1, 0.15) is 31.9 Å². The Morgan fingerprint density at radius 3 is 2.17 bits per heavy atom. The van der Waals surface area contributed by atoms with Gasteiger partial charge in [0, 0.05) is 17.6 Å². The maximum absolute atomic E-state index is 14.0. The van der Waals surface area contributed by atoms with Gasteiger partial charge in [-0.05, 0) is 61.7 Å². The van der Waals surface area contributed by atoms with Crippen molar-refractivity contribution < 1.29 is 18.0 Å². The fourth-order valence-electron chi connectivity index (χ4n) is 3.86. The molecule has 1 atom stereocenters. The van der Waals surface area contributed by atoms with Crippen molar-refractivity contribution in [3.63, 3.8) is 0 Å². The summed E-state index contributed by atoms with van der Waals surface area (Å²) in [6.07, 6.45) is 0. The minimum absolute atomic E-state index is 0.00478. The van der Waals surface area contributed by atoms with Gasteiger partial charge in [-0.1, -0.05) is 88.9 Å². The topological polar surface area (TPSA) is 86.8 Å². The number of rotatable bonds is 11. The third kappa shape index (κ3) is 8.00. The van der Waals surface area contributed by atoms with E-state index in [0.29, 0.717) is 6.54 Å². The maximum Gasteiger partial charge on any atom is 0.264 e. The van der Waals surface area contributed by atoms with Crippen molar-refractivity contribution >= 4 is 66.7 Å². The van der Waals surface area contributed by atoms with Gasteiger partial charge < -0.3 is 10.2 Å². The Morgan fingerprint density at radius 2 is 1.57 bits per heavy atom. The van der Waals surface area contributed by atoms with Crippen LogP contribution in [0.3, 0.4) is 0 Å². The quantitative estimate of drug-likeness (QED) is 0.255. The standard InChI is InChI=1S/C29H32BrCl2N3O4S/c1-19(2)16-33-29(37)21(4)34(17-22-10-12-23(30)13-11-22)27(36)18-35(26-7-5-6-25(31)28(26)32)40(38,39)24-14-8-20(3)9-15-24/h5-15,19,21H,16-18H2,1-4H3,(H,33,37)/t21-/m1/s1. The molecule has 7 nitrogen and oxygen atoms in total. The fourth-order valence-corrected chi connectivity index (χ4v) is 6.00. The van der Waals surface area contributed by atoms with Gasteiger partial charge in [0.15, 0.2) is 0 Å². The monoisotopic (exact) mass is 667 g/mol. The molecule has 0 saturated heterocycles. The summed E-state index contributed by atoms with van der Waals surface area (Å²) in [5.74, 6) is -0.707. The van der Waals surface area contributed by atoms with Crippen LogP contribution in [0.5, 0.6) is 0 Å². The van der Waals surface area contributed by atoms with E-state index in [1.165, 1.54) is 29.2 Å². The molecular formula is C29H32BrCl2N3O4S. The molecule has 2 amide bonds. The molecule has 0 unspecified atom stereocenters. The Balaban J connectivity index is 2.05. The molecule has 40 heavy (non-hydrogen) atoms. The SMILES string of the molecule is Cc1ccc(S(=O)(=O)N(CC(=O)N(Cc2ccc(Br)cc2)[C@H](C)C(=O)NCC(C)C)c2cccc(Cl)c2Cl)cc1. The molecule has 3 aromatic rings.